The summed E-state index contributed by atoms with van der Waals surface area (Å²) in [5.41, 5.74) is 1.01. The monoisotopic (exact) mass is 495 g/mol. The zero-order valence-corrected chi connectivity index (χ0v) is 20.1. The van der Waals surface area contributed by atoms with Gasteiger partial charge in [-0.2, -0.15) is 13.2 Å². The van der Waals surface area contributed by atoms with E-state index in [1.54, 1.807) is 12.1 Å². The van der Waals surface area contributed by atoms with Crippen LogP contribution in [0.15, 0.2) is 42.5 Å². The van der Waals surface area contributed by atoms with Crippen LogP contribution in [0.3, 0.4) is 0 Å². The Morgan fingerprint density at radius 3 is 2.26 bits per heavy atom. The van der Waals surface area contributed by atoms with Gasteiger partial charge in [-0.15, -0.1) is 0 Å². The minimum atomic E-state index is -4.51. The first kappa shape index (κ1) is 25.8. The fraction of sp³-hybridized carbons (Fsp3) is 0.417. The molecule has 1 heterocycles. The number of ether oxygens (including phenoxy) is 2. The summed E-state index contributed by atoms with van der Waals surface area (Å²) in [5, 5.41) is 5.07. The standard InChI is InChI=1S/C24H28F3N3O3S/c1-23(2,3)16-4-7-18(8-5-16)33-15-21(31)29-22(34)28-19-14-17(24(25,26)27)6-9-20(19)30-10-12-32-13-11-30/h4-9,14H,10-13,15H2,1-3H3,(H2,28,29,31,34). The number of nitrogens with one attached hydrogen (secondary N) is 2. The normalized spacial score (nSPS) is 14.5. The topological polar surface area (TPSA) is 62.8 Å². The van der Waals surface area contributed by atoms with Crippen LogP contribution in [0.4, 0.5) is 24.5 Å². The molecule has 0 bridgehead atoms. The first-order valence-electron chi connectivity index (χ1n) is 10.8. The van der Waals surface area contributed by atoms with Crippen molar-refractivity contribution in [2.24, 2.45) is 0 Å². The molecule has 2 aromatic carbocycles. The van der Waals surface area contributed by atoms with Gasteiger partial charge in [0, 0.05) is 13.1 Å². The molecule has 1 saturated heterocycles. The number of alkyl halides is 3. The second-order valence-electron chi connectivity index (χ2n) is 8.89. The highest BCUT2D eigenvalue weighted by molar-refractivity contribution is 7.80. The summed E-state index contributed by atoms with van der Waals surface area (Å²) >= 11 is 5.18. The number of halogens is 3. The molecule has 6 nitrogen and oxygen atoms in total. The summed E-state index contributed by atoms with van der Waals surface area (Å²) in [5.74, 6) is -0.00759. The molecule has 0 saturated carbocycles. The molecule has 1 amide bonds. The lowest BCUT2D eigenvalue weighted by Gasteiger charge is -2.31. The van der Waals surface area contributed by atoms with Crippen molar-refractivity contribution < 1.29 is 27.4 Å². The summed E-state index contributed by atoms with van der Waals surface area (Å²) in [6.45, 7) is 7.99. The lowest BCUT2D eigenvalue weighted by atomic mass is 9.87. The predicted octanol–water partition coefficient (Wildman–Crippen LogP) is 4.73. The van der Waals surface area contributed by atoms with Crippen molar-refractivity contribution in [1.82, 2.24) is 5.32 Å². The van der Waals surface area contributed by atoms with E-state index in [1.807, 2.05) is 17.0 Å². The molecule has 3 rings (SSSR count). The van der Waals surface area contributed by atoms with Crippen LogP contribution in [0.2, 0.25) is 0 Å². The van der Waals surface area contributed by atoms with E-state index in [2.05, 4.69) is 31.4 Å². The number of amides is 1. The Balaban J connectivity index is 1.63. The highest BCUT2D eigenvalue weighted by atomic mass is 32.1. The Kier molecular flexibility index (Phi) is 8.04. The Morgan fingerprint density at radius 1 is 1.06 bits per heavy atom. The molecule has 0 radical (unpaired) electrons. The number of hydrogen-bond acceptors (Lipinski definition) is 5. The minimum absolute atomic E-state index is 0.00272. The molecule has 2 aromatic rings. The number of carbonyl (C=O) groups excluding carboxylic acids is 1. The number of morpholine rings is 1. The SMILES string of the molecule is CC(C)(C)c1ccc(OCC(=O)NC(=S)Nc2cc(C(F)(F)F)ccc2N2CCOCC2)cc1. The van der Waals surface area contributed by atoms with Gasteiger partial charge in [-0.25, -0.2) is 0 Å². The fourth-order valence-electron chi connectivity index (χ4n) is 3.41. The van der Waals surface area contributed by atoms with Crippen molar-refractivity contribution in [3.63, 3.8) is 0 Å². The van der Waals surface area contributed by atoms with E-state index >= 15 is 0 Å². The highest BCUT2D eigenvalue weighted by Crippen LogP contribution is 2.35. The third kappa shape index (κ3) is 7.07. The van der Waals surface area contributed by atoms with E-state index in [0.29, 0.717) is 37.7 Å². The zero-order chi connectivity index (χ0) is 24.9. The number of thiocarbonyl (C=S) groups is 1. The highest BCUT2D eigenvalue weighted by Gasteiger charge is 2.31. The molecule has 0 unspecified atom stereocenters. The molecule has 0 spiro atoms. The van der Waals surface area contributed by atoms with Crippen LogP contribution in [-0.4, -0.2) is 43.9 Å². The lowest BCUT2D eigenvalue weighted by molar-refractivity contribution is -0.137. The van der Waals surface area contributed by atoms with Crippen molar-refractivity contribution in [2.45, 2.75) is 32.4 Å². The van der Waals surface area contributed by atoms with Gasteiger partial charge in [-0.1, -0.05) is 32.9 Å². The molecule has 10 heteroatoms. The van der Waals surface area contributed by atoms with Gasteiger partial charge in [-0.05, 0) is 53.5 Å². The molecule has 0 aromatic heterocycles. The summed E-state index contributed by atoms with van der Waals surface area (Å²) in [6, 6.07) is 10.8. The van der Waals surface area contributed by atoms with Crippen LogP contribution < -0.4 is 20.3 Å². The summed E-state index contributed by atoms with van der Waals surface area (Å²) < 4.78 is 50.6. The molecule has 0 aliphatic carbocycles. The average Bonchev–Trinajstić information content (AvgIpc) is 2.77. The summed E-state index contributed by atoms with van der Waals surface area (Å²) in [6.07, 6.45) is -4.51. The van der Waals surface area contributed by atoms with Gasteiger partial charge in [0.2, 0.25) is 0 Å². The smallest absolute Gasteiger partial charge is 0.416 e. The van der Waals surface area contributed by atoms with E-state index in [4.69, 9.17) is 21.7 Å². The molecular weight excluding hydrogens is 467 g/mol. The Bertz CT molecular complexity index is 1010. The zero-order valence-electron chi connectivity index (χ0n) is 19.3. The number of rotatable bonds is 5. The van der Waals surface area contributed by atoms with Crippen LogP contribution in [0, 0.1) is 0 Å². The quantitative estimate of drug-likeness (QED) is 0.585. The second kappa shape index (κ2) is 10.6. The molecule has 1 aliphatic heterocycles. The Morgan fingerprint density at radius 2 is 1.68 bits per heavy atom. The molecule has 0 atom stereocenters. The van der Waals surface area contributed by atoms with Crippen molar-refractivity contribution in [1.29, 1.82) is 0 Å². The van der Waals surface area contributed by atoms with Crippen molar-refractivity contribution >= 4 is 34.6 Å². The van der Waals surface area contributed by atoms with Gasteiger partial charge in [0.05, 0.1) is 30.2 Å². The maximum Gasteiger partial charge on any atom is 0.416 e. The molecule has 2 N–H and O–H groups in total. The van der Waals surface area contributed by atoms with E-state index in [-0.39, 0.29) is 22.8 Å². The Hall–Kier alpha value is -2.85. The second-order valence-corrected chi connectivity index (χ2v) is 9.30. The van der Waals surface area contributed by atoms with Crippen molar-refractivity contribution in [2.75, 3.05) is 43.1 Å². The number of hydrogen-bond donors (Lipinski definition) is 2. The fourth-order valence-corrected chi connectivity index (χ4v) is 3.63. The largest absolute Gasteiger partial charge is 0.484 e. The lowest BCUT2D eigenvalue weighted by Crippen LogP contribution is -2.39. The van der Waals surface area contributed by atoms with Crippen LogP contribution >= 0.6 is 12.2 Å². The van der Waals surface area contributed by atoms with Crippen LogP contribution in [0.5, 0.6) is 5.75 Å². The maximum atomic E-state index is 13.3. The van der Waals surface area contributed by atoms with Gasteiger partial charge in [0.1, 0.15) is 5.75 Å². The third-order valence-electron chi connectivity index (χ3n) is 5.27. The van der Waals surface area contributed by atoms with Gasteiger partial charge >= 0.3 is 6.18 Å². The van der Waals surface area contributed by atoms with Gasteiger partial charge in [0.25, 0.3) is 5.91 Å². The number of nitrogens with zero attached hydrogens (tertiary/aromatic N) is 1. The van der Waals surface area contributed by atoms with Gasteiger partial charge in [0.15, 0.2) is 11.7 Å². The first-order chi connectivity index (χ1) is 15.9. The van der Waals surface area contributed by atoms with Crippen LogP contribution in [0.1, 0.15) is 31.9 Å². The van der Waals surface area contributed by atoms with E-state index in [1.165, 1.54) is 6.07 Å². The molecular formula is C24H28F3N3O3S. The number of anilines is 2. The molecule has 184 valence electrons. The maximum absolute atomic E-state index is 13.3. The predicted molar refractivity (Wildman–Crippen MR) is 129 cm³/mol. The van der Waals surface area contributed by atoms with Crippen molar-refractivity contribution in [3.05, 3.63) is 53.6 Å². The van der Waals surface area contributed by atoms with E-state index in [0.717, 1.165) is 17.7 Å². The molecule has 1 aliphatic rings. The van der Waals surface area contributed by atoms with E-state index in [9.17, 15) is 18.0 Å². The van der Waals surface area contributed by atoms with Gasteiger partial charge in [-0.3, -0.25) is 10.1 Å². The van der Waals surface area contributed by atoms with E-state index < -0.39 is 17.6 Å². The average molecular weight is 496 g/mol. The third-order valence-corrected chi connectivity index (χ3v) is 5.47. The van der Waals surface area contributed by atoms with Crippen molar-refractivity contribution in [3.8, 4) is 5.75 Å². The Labute approximate surface area is 202 Å². The summed E-state index contributed by atoms with van der Waals surface area (Å²) in [4.78, 5) is 14.2. The number of benzene rings is 2. The molecule has 34 heavy (non-hydrogen) atoms. The van der Waals surface area contributed by atoms with Crippen LogP contribution in [-0.2, 0) is 21.1 Å². The van der Waals surface area contributed by atoms with Crippen LogP contribution in [0.25, 0.3) is 0 Å². The first-order valence-corrected chi connectivity index (χ1v) is 11.2. The van der Waals surface area contributed by atoms with Gasteiger partial charge < -0.3 is 19.7 Å². The summed E-state index contributed by atoms with van der Waals surface area (Å²) in [7, 11) is 0. The number of carbonyl (C=O) groups is 1. The minimum Gasteiger partial charge on any atom is -0.484 e. The molecule has 1 fully saturated rings.